The smallest absolute Gasteiger partial charge is 0.246 e. The second kappa shape index (κ2) is 11.2. The highest BCUT2D eigenvalue weighted by atomic mass is 35.5. The molecule has 2 N–H and O–H groups in total. The van der Waals surface area contributed by atoms with Crippen LogP contribution in [-0.4, -0.2) is 53.2 Å². The largest absolute Gasteiger partial charge is 0.496 e. The van der Waals surface area contributed by atoms with Crippen LogP contribution in [0.3, 0.4) is 0 Å². The minimum atomic E-state index is -0.422. The highest BCUT2D eigenvalue weighted by Crippen LogP contribution is 2.42. The Hall–Kier alpha value is -3.30. The number of ether oxygens (including phenoxy) is 1. The average Bonchev–Trinajstić information content (AvgIpc) is 3.32. The van der Waals surface area contributed by atoms with Gasteiger partial charge in [0, 0.05) is 48.3 Å². The van der Waals surface area contributed by atoms with E-state index in [1.165, 1.54) is 42.9 Å². The third-order valence-electron chi connectivity index (χ3n) is 5.10. The van der Waals surface area contributed by atoms with E-state index in [1.807, 2.05) is 13.8 Å². The van der Waals surface area contributed by atoms with Gasteiger partial charge in [-0.25, -0.2) is 14.4 Å². The quantitative estimate of drug-likeness (QED) is 0.293. The number of methoxy groups -OCH3 is 1. The second-order valence-corrected chi connectivity index (χ2v) is 8.22. The van der Waals surface area contributed by atoms with Crippen LogP contribution in [0, 0.1) is 5.82 Å². The first-order valence-electron chi connectivity index (χ1n) is 10.6. The SMILES string of the molecule is C=CC(=O)N1CC(N=C/C(=C\N)c2nc(Cl)c3ncsc3c2-c2ccc(F)cc2OC)C1.CC. The third kappa shape index (κ3) is 4.95. The van der Waals surface area contributed by atoms with Crippen molar-refractivity contribution in [2.75, 3.05) is 20.2 Å². The molecule has 10 heteroatoms. The number of allylic oxidation sites excluding steroid dienone is 1. The van der Waals surface area contributed by atoms with Gasteiger partial charge in [-0.1, -0.05) is 32.0 Å². The van der Waals surface area contributed by atoms with Crippen molar-refractivity contribution in [3.8, 4) is 16.9 Å². The predicted molar refractivity (Wildman–Crippen MR) is 137 cm³/mol. The Bertz CT molecular complexity index is 1270. The standard InChI is InChI=1S/C22H19ClFN5O2S.C2H6/c1-3-17(30)29-9-14(10-29)26-8-12(7-25)19-18(15-5-4-13(24)6-16(15)31-2)21-20(22(23)28-19)27-11-32-21;1-2/h3-8,11,14H,1,9-10,25H2,2H3;1-2H3/b12-7+,26-8?;. The Balaban J connectivity index is 0.00000158. The second-order valence-electron chi connectivity index (χ2n) is 7.00. The maximum Gasteiger partial charge on any atom is 0.246 e. The monoisotopic (exact) mass is 501 g/mol. The summed E-state index contributed by atoms with van der Waals surface area (Å²) >= 11 is 7.79. The summed E-state index contributed by atoms with van der Waals surface area (Å²) in [5.74, 6) is -0.203. The van der Waals surface area contributed by atoms with Crippen LogP contribution in [0.2, 0.25) is 5.15 Å². The first-order chi connectivity index (χ1) is 16.5. The van der Waals surface area contributed by atoms with Gasteiger partial charge >= 0.3 is 0 Å². The molecule has 1 aromatic carbocycles. The molecule has 4 rings (SSSR count). The van der Waals surface area contributed by atoms with Crippen molar-refractivity contribution in [3.05, 3.63) is 59.2 Å². The van der Waals surface area contributed by atoms with E-state index < -0.39 is 5.82 Å². The number of halogens is 2. The number of rotatable bonds is 6. The van der Waals surface area contributed by atoms with Gasteiger partial charge in [-0.3, -0.25) is 9.79 Å². The molecule has 3 heterocycles. The van der Waals surface area contributed by atoms with Gasteiger partial charge in [-0.15, -0.1) is 11.3 Å². The van der Waals surface area contributed by atoms with Crippen molar-refractivity contribution in [1.29, 1.82) is 0 Å². The first-order valence-corrected chi connectivity index (χ1v) is 11.9. The number of amides is 1. The molecule has 0 spiro atoms. The maximum atomic E-state index is 13.8. The zero-order valence-corrected chi connectivity index (χ0v) is 20.7. The molecular weight excluding hydrogens is 477 g/mol. The Morgan fingerprint density at radius 3 is 2.79 bits per heavy atom. The van der Waals surface area contributed by atoms with Crippen molar-refractivity contribution in [2.24, 2.45) is 10.7 Å². The summed E-state index contributed by atoms with van der Waals surface area (Å²) in [4.78, 5) is 26.7. The van der Waals surface area contributed by atoms with Gasteiger partial charge in [-0.05, 0) is 18.2 Å². The van der Waals surface area contributed by atoms with Gasteiger partial charge < -0.3 is 15.4 Å². The van der Waals surface area contributed by atoms with Crippen molar-refractivity contribution in [2.45, 2.75) is 19.9 Å². The average molecular weight is 502 g/mol. The van der Waals surface area contributed by atoms with Gasteiger partial charge in [-0.2, -0.15) is 0 Å². The molecule has 0 aliphatic carbocycles. The molecule has 1 aliphatic heterocycles. The molecule has 3 aromatic rings. The molecule has 0 unspecified atom stereocenters. The van der Waals surface area contributed by atoms with Crippen LogP contribution < -0.4 is 10.5 Å². The Labute approximate surface area is 206 Å². The molecule has 7 nitrogen and oxygen atoms in total. The van der Waals surface area contributed by atoms with Gasteiger partial charge in [0.05, 0.1) is 29.1 Å². The number of nitrogens with two attached hydrogens (primary N) is 1. The van der Waals surface area contributed by atoms with Gasteiger partial charge in [0.15, 0.2) is 5.15 Å². The van der Waals surface area contributed by atoms with Crippen LogP contribution in [0.4, 0.5) is 4.39 Å². The van der Waals surface area contributed by atoms with Crippen molar-refractivity contribution in [3.63, 3.8) is 0 Å². The number of fused-ring (bicyclic) bond motifs is 1. The Morgan fingerprint density at radius 2 is 2.15 bits per heavy atom. The van der Waals surface area contributed by atoms with E-state index >= 15 is 0 Å². The number of benzene rings is 1. The number of hydrogen-bond donors (Lipinski definition) is 1. The molecule has 1 saturated heterocycles. The van der Waals surface area contributed by atoms with Gasteiger partial charge in [0.25, 0.3) is 0 Å². The summed E-state index contributed by atoms with van der Waals surface area (Å²) in [5.41, 5.74) is 10.4. The molecule has 0 atom stereocenters. The minimum Gasteiger partial charge on any atom is -0.496 e. The molecule has 1 amide bonds. The fourth-order valence-electron chi connectivity index (χ4n) is 3.44. The van der Waals surface area contributed by atoms with Crippen LogP contribution in [-0.2, 0) is 4.79 Å². The summed E-state index contributed by atoms with van der Waals surface area (Å²) in [5, 5.41) is 0.222. The lowest BCUT2D eigenvalue weighted by Crippen LogP contribution is -2.52. The number of hydrogen-bond acceptors (Lipinski definition) is 7. The van der Waals surface area contributed by atoms with Crippen LogP contribution in [0.15, 0.2) is 47.6 Å². The topological polar surface area (TPSA) is 93.7 Å². The highest BCUT2D eigenvalue weighted by Gasteiger charge is 2.28. The predicted octanol–water partition coefficient (Wildman–Crippen LogP) is 4.95. The van der Waals surface area contributed by atoms with E-state index in [1.54, 1.807) is 22.7 Å². The molecule has 0 saturated carbocycles. The van der Waals surface area contributed by atoms with Crippen LogP contribution >= 0.6 is 22.9 Å². The van der Waals surface area contributed by atoms with Crippen LogP contribution in [0.5, 0.6) is 5.75 Å². The lowest BCUT2D eigenvalue weighted by molar-refractivity contribution is -0.130. The van der Waals surface area contributed by atoms with E-state index in [0.29, 0.717) is 46.7 Å². The molecule has 0 bridgehead atoms. The zero-order valence-electron chi connectivity index (χ0n) is 19.1. The zero-order chi connectivity index (χ0) is 24.8. The highest BCUT2D eigenvalue weighted by molar-refractivity contribution is 7.17. The third-order valence-corrected chi connectivity index (χ3v) is 6.20. The van der Waals surface area contributed by atoms with E-state index in [9.17, 15) is 9.18 Å². The molecule has 178 valence electrons. The molecular formula is C24H25ClFN5O2S. The summed E-state index contributed by atoms with van der Waals surface area (Å²) in [6.45, 7) is 8.49. The number of carbonyl (C=O) groups excluding carboxylic acids is 1. The van der Waals surface area contributed by atoms with Gasteiger partial charge in [0.1, 0.15) is 17.1 Å². The Kier molecular flexibility index (Phi) is 8.36. The molecule has 1 aliphatic rings. The number of aliphatic imine (C=N–C) groups is 1. The van der Waals surface area contributed by atoms with E-state index in [0.717, 1.165) is 4.70 Å². The lowest BCUT2D eigenvalue weighted by Gasteiger charge is -2.36. The minimum absolute atomic E-state index is 0.0553. The number of nitrogens with zero attached hydrogens (tertiary/aromatic N) is 4. The van der Waals surface area contributed by atoms with E-state index in [2.05, 4.69) is 21.5 Å². The first kappa shape index (κ1) is 25.3. The maximum absolute atomic E-state index is 13.8. The number of likely N-dealkylation sites (tertiary alicyclic amines) is 1. The fourth-order valence-corrected chi connectivity index (χ4v) is 4.58. The van der Waals surface area contributed by atoms with Crippen LogP contribution in [0.1, 0.15) is 19.5 Å². The van der Waals surface area contributed by atoms with E-state index in [-0.39, 0.29) is 17.1 Å². The normalized spacial score (nSPS) is 14.0. The van der Waals surface area contributed by atoms with Crippen molar-refractivity contribution >= 4 is 50.8 Å². The Morgan fingerprint density at radius 1 is 1.41 bits per heavy atom. The fraction of sp³-hybridized carbons (Fsp3) is 0.250. The number of aromatic nitrogens is 2. The molecule has 0 radical (unpaired) electrons. The summed E-state index contributed by atoms with van der Waals surface area (Å²) in [6.07, 6.45) is 4.29. The molecule has 34 heavy (non-hydrogen) atoms. The summed E-state index contributed by atoms with van der Waals surface area (Å²) in [6, 6.07) is 4.22. The number of pyridine rings is 1. The van der Waals surface area contributed by atoms with Gasteiger partial charge in [0.2, 0.25) is 5.91 Å². The summed E-state index contributed by atoms with van der Waals surface area (Å²) < 4.78 is 20.0. The number of carbonyl (C=O) groups is 1. The lowest BCUT2D eigenvalue weighted by atomic mass is 9.98. The van der Waals surface area contributed by atoms with Crippen molar-refractivity contribution in [1.82, 2.24) is 14.9 Å². The van der Waals surface area contributed by atoms with E-state index in [4.69, 9.17) is 22.1 Å². The van der Waals surface area contributed by atoms with Crippen molar-refractivity contribution < 1.29 is 13.9 Å². The summed E-state index contributed by atoms with van der Waals surface area (Å²) in [7, 11) is 1.47. The number of thiazole rings is 1. The van der Waals surface area contributed by atoms with Crippen LogP contribution in [0.25, 0.3) is 26.9 Å². The molecule has 1 fully saturated rings. The molecule has 2 aromatic heterocycles.